The van der Waals surface area contributed by atoms with Crippen molar-refractivity contribution in [2.75, 3.05) is 25.1 Å². The molecule has 0 radical (unpaired) electrons. The fourth-order valence-electron chi connectivity index (χ4n) is 1.77. The molecule has 1 aromatic rings. The van der Waals surface area contributed by atoms with Gasteiger partial charge in [-0.3, -0.25) is 5.43 Å². The Labute approximate surface area is 119 Å². The van der Waals surface area contributed by atoms with Crippen molar-refractivity contribution in [2.24, 2.45) is 5.84 Å². The molecule has 20 heavy (non-hydrogen) atoms. The van der Waals surface area contributed by atoms with Crippen LogP contribution >= 0.6 is 0 Å². The first-order chi connectivity index (χ1) is 9.42. The summed E-state index contributed by atoms with van der Waals surface area (Å²) in [6.07, 6.45) is 2.43. The number of hydrogen-bond acceptors (Lipinski definition) is 7. The average Bonchev–Trinajstić information content (AvgIpc) is 2.44. The van der Waals surface area contributed by atoms with E-state index in [-0.39, 0.29) is 16.9 Å². The van der Waals surface area contributed by atoms with Crippen molar-refractivity contribution < 1.29 is 8.42 Å². The van der Waals surface area contributed by atoms with E-state index in [1.54, 1.807) is 0 Å². The fourth-order valence-corrected chi connectivity index (χ4v) is 2.89. The number of nitrogens with one attached hydrogen (secondary N) is 2. The summed E-state index contributed by atoms with van der Waals surface area (Å²) in [5.41, 5.74) is 2.24. The molecule has 0 bridgehead atoms. The molecule has 114 valence electrons. The van der Waals surface area contributed by atoms with Crippen molar-refractivity contribution in [1.29, 1.82) is 0 Å². The van der Waals surface area contributed by atoms with Crippen molar-refractivity contribution >= 4 is 16.0 Å². The van der Waals surface area contributed by atoms with Crippen LogP contribution in [0.4, 0.5) is 5.95 Å². The first-order valence-electron chi connectivity index (χ1n) is 6.46. The second kappa shape index (κ2) is 7.48. The molecule has 0 spiro atoms. The van der Waals surface area contributed by atoms with Gasteiger partial charge in [0, 0.05) is 12.6 Å². The van der Waals surface area contributed by atoms with Gasteiger partial charge in [-0.15, -0.1) is 0 Å². The minimum atomic E-state index is -3.62. The maximum atomic E-state index is 12.1. The topological polar surface area (TPSA) is 113 Å². The lowest BCUT2D eigenvalue weighted by Crippen LogP contribution is -2.41. The van der Waals surface area contributed by atoms with Crippen molar-refractivity contribution in [3.8, 4) is 0 Å². The Morgan fingerprint density at radius 2 is 1.85 bits per heavy atom. The largest absolute Gasteiger partial charge is 0.302 e. The van der Waals surface area contributed by atoms with Crippen LogP contribution < -0.4 is 16.0 Å². The van der Waals surface area contributed by atoms with Gasteiger partial charge in [0.1, 0.15) is 4.90 Å². The second-order valence-electron chi connectivity index (χ2n) is 4.39. The van der Waals surface area contributed by atoms with Gasteiger partial charge in [-0.25, -0.2) is 29.0 Å². The molecule has 1 heterocycles. The van der Waals surface area contributed by atoms with Crippen LogP contribution in [0.2, 0.25) is 0 Å². The molecule has 0 amide bonds. The van der Waals surface area contributed by atoms with E-state index in [1.165, 1.54) is 12.4 Å². The van der Waals surface area contributed by atoms with Crippen molar-refractivity contribution in [2.45, 2.75) is 31.7 Å². The van der Waals surface area contributed by atoms with Gasteiger partial charge >= 0.3 is 0 Å². The zero-order valence-electron chi connectivity index (χ0n) is 12.0. The lowest BCUT2D eigenvalue weighted by atomic mass is 10.3. The summed E-state index contributed by atoms with van der Waals surface area (Å²) in [6, 6.07) is -0.202. The van der Waals surface area contributed by atoms with E-state index < -0.39 is 10.0 Å². The lowest BCUT2D eigenvalue weighted by molar-refractivity contribution is 0.282. The van der Waals surface area contributed by atoms with Crippen molar-refractivity contribution in [3.63, 3.8) is 0 Å². The predicted octanol–water partition coefficient (Wildman–Crippen LogP) is -0.229. The molecule has 1 atom stereocenters. The van der Waals surface area contributed by atoms with Gasteiger partial charge < -0.3 is 4.90 Å². The van der Waals surface area contributed by atoms with Crippen LogP contribution in [0.15, 0.2) is 17.3 Å². The number of nitrogen functional groups attached to an aromatic ring is 1. The Kier molecular flexibility index (Phi) is 6.27. The summed E-state index contributed by atoms with van der Waals surface area (Å²) in [6.45, 7) is 8.31. The highest BCUT2D eigenvalue weighted by Gasteiger charge is 2.19. The van der Waals surface area contributed by atoms with Gasteiger partial charge in [0.05, 0.1) is 12.4 Å². The molecule has 1 unspecified atom stereocenters. The Morgan fingerprint density at radius 1 is 1.30 bits per heavy atom. The molecule has 0 aliphatic rings. The van der Waals surface area contributed by atoms with Gasteiger partial charge in [-0.1, -0.05) is 13.8 Å². The van der Waals surface area contributed by atoms with Gasteiger partial charge in [-0.2, -0.15) is 0 Å². The molecular weight excluding hydrogens is 280 g/mol. The number of likely N-dealkylation sites (N-methyl/N-ethyl adjacent to an activating group) is 1. The minimum Gasteiger partial charge on any atom is -0.302 e. The third kappa shape index (κ3) is 4.67. The van der Waals surface area contributed by atoms with E-state index in [9.17, 15) is 8.42 Å². The number of nitrogens with two attached hydrogens (primary N) is 1. The molecule has 0 aromatic carbocycles. The molecule has 1 aromatic heterocycles. The smallest absolute Gasteiger partial charge is 0.243 e. The Morgan fingerprint density at radius 3 is 2.30 bits per heavy atom. The molecule has 0 saturated heterocycles. The zero-order chi connectivity index (χ0) is 15.2. The van der Waals surface area contributed by atoms with Crippen LogP contribution in [0, 0.1) is 0 Å². The molecule has 8 nitrogen and oxygen atoms in total. The number of sulfonamides is 1. The standard InChI is InChI=1S/C11H22N6O2S/c1-4-17(5-2)8-9(3)16-20(18,19)10-6-13-11(15-12)14-7-10/h6-7,9,16H,4-5,8,12H2,1-3H3,(H,13,14,15). The van der Waals surface area contributed by atoms with Crippen molar-refractivity contribution in [3.05, 3.63) is 12.4 Å². The van der Waals surface area contributed by atoms with Crippen LogP contribution in [0.5, 0.6) is 0 Å². The van der Waals surface area contributed by atoms with E-state index in [4.69, 9.17) is 5.84 Å². The molecule has 0 aliphatic heterocycles. The Bertz CT molecular complexity index is 500. The highest BCUT2D eigenvalue weighted by molar-refractivity contribution is 7.89. The quantitative estimate of drug-likeness (QED) is 0.449. The monoisotopic (exact) mass is 302 g/mol. The second-order valence-corrected chi connectivity index (χ2v) is 6.11. The summed E-state index contributed by atoms with van der Waals surface area (Å²) >= 11 is 0. The van der Waals surface area contributed by atoms with Crippen LogP contribution in [0.3, 0.4) is 0 Å². The molecule has 0 aliphatic carbocycles. The predicted molar refractivity (Wildman–Crippen MR) is 77.4 cm³/mol. The number of aromatic nitrogens is 2. The highest BCUT2D eigenvalue weighted by Crippen LogP contribution is 2.08. The summed E-state index contributed by atoms with van der Waals surface area (Å²) in [4.78, 5) is 9.73. The zero-order valence-corrected chi connectivity index (χ0v) is 12.8. The van der Waals surface area contributed by atoms with Gasteiger partial charge in [0.25, 0.3) is 0 Å². The van der Waals surface area contributed by atoms with Crippen LogP contribution in [0.1, 0.15) is 20.8 Å². The first kappa shape index (κ1) is 16.8. The maximum absolute atomic E-state index is 12.1. The van der Waals surface area contributed by atoms with E-state index in [0.717, 1.165) is 13.1 Å². The third-order valence-corrected chi connectivity index (χ3v) is 4.39. The minimum absolute atomic E-state index is 0.0166. The number of nitrogens with zero attached hydrogens (tertiary/aromatic N) is 3. The van der Waals surface area contributed by atoms with Crippen molar-refractivity contribution in [1.82, 2.24) is 19.6 Å². The normalized spacial score (nSPS) is 13.4. The van der Waals surface area contributed by atoms with Crippen LogP contribution in [-0.2, 0) is 10.0 Å². The SMILES string of the molecule is CCN(CC)CC(C)NS(=O)(=O)c1cnc(NN)nc1. The molecule has 4 N–H and O–H groups in total. The highest BCUT2D eigenvalue weighted by atomic mass is 32.2. The molecule has 1 rings (SSSR count). The third-order valence-electron chi connectivity index (χ3n) is 2.85. The summed E-state index contributed by atoms with van der Waals surface area (Å²) in [7, 11) is -3.62. The molecule has 0 fully saturated rings. The van der Waals surface area contributed by atoms with Gasteiger partial charge in [0.2, 0.25) is 16.0 Å². The molecule has 0 saturated carbocycles. The number of hydrazine groups is 1. The Balaban J connectivity index is 2.73. The van der Waals surface area contributed by atoms with E-state index in [1.807, 2.05) is 20.8 Å². The number of rotatable bonds is 8. The van der Waals surface area contributed by atoms with Crippen LogP contribution in [-0.4, -0.2) is 49.0 Å². The van der Waals surface area contributed by atoms with E-state index in [2.05, 4.69) is 25.0 Å². The first-order valence-corrected chi connectivity index (χ1v) is 7.94. The Hall–Kier alpha value is -1.29. The van der Waals surface area contributed by atoms with E-state index in [0.29, 0.717) is 6.54 Å². The molecule has 9 heteroatoms. The number of anilines is 1. The average molecular weight is 302 g/mol. The summed E-state index contributed by atoms with van der Waals surface area (Å²) in [5, 5.41) is 0. The van der Waals surface area contributed by atoms with Gasteiger partial charge in [0.15, 0.2) is 0 Å². The van der Waals surface area contributed by atoms with Crippen LogP contribution in [0.25, 0.3) is 0 Å². The number of hydrogen-bond donors (Lipinski definition) is 3. The molecular formula is C11H22N6O2S. The maximum Gasteiger partial charge on any atom is 0.243 e. The van der Waals surface area contributed by atoms with Gasteiger partial charge in [-0.05, 0) is 20.0 Å². The summed E-state index contributed by atoms with van der Waals surface area (Å²) in [5.74, 6) is 5.30. The fraction of sp³-hybridized carbons (Fsp3) is 0.636. The van der Waals surface area contributed by atoms with E-state index >= 15 is 0 Å². The lowest BCUT2D eigenvalue weighted by Gasteiger charge is -2.23. The summed E-state index contributed by atoms with van der Waals surface area (Å²) < 4.78 is 26.9.